The van der Waals surface area contributed by atoms with Gasteiger partial charge in [0.15, 0.2) is 0 Å². The van der Waals surface area contributed by atoms with Gasteiger partial charge >= 0.3 is 8.05 Å². The quantitative estimate of drug-likeness (QED) is 0.387. The van der Waals surface area contributed by atoms with E-state index < -0.39 is 5.97 Å². The molecule has 4 heteroatoms. The maximum atomic E-state index is 9.79. The van der Waals surface area contributed by atoms with Crippen molar-refractivity contribution >= 4 is 29.9 Å². The van der Waals surface area contributed by atoms with Gasteiger partial charge in [-0.2, -0.15) is 0 Å². The first-order valence-corrected chi connectivity index (χ1v) is 2.39. The van der Waals surface area contributed by atoms with Crippen molar-refractivity contribution in [1.82, 2.24) is 0 Å². The van der Waals surface area contributed by atoms with E-state index in [2.05, 4.69) is 28.6 Å². The highest BCUT2D eigenvalue weighted by Crippen LogP contribution is 1.79. The second-order valence-electron chi connectivity index (χ2n) is 0.623. The fourth-order valence-corrected chi connectivity index (χ4v) is 0.164. The fraction of sp³-hybridized carbons (Fsp3) is 0.500. The smallest absolute Gasteiger partial charge is 0.378 e. The third-order valence-electron chi connectivity index (χ3n) is 0.241. The van der Waals surface area contributed by atoms with Crippen LogP contribution in [0.2, 0.25) is 0 Å². The molecular formula is C2H2BBrO2. The Kier molecular flexibility index (Phi) is 3.22. The highest BCUT2D eigenvalue weighted by molar-refractivity contribution is 9.09. The largest absolute Gasteiger partial charge is 0.543 e. The molecule has 0 aromatic heterocycles. The molecule has 0 saturated carbocycles. The van der Waals surface area contributed by atoms with Crippen molar-refractivity contribution in [3.05, 3.63) is 0 Å². The minimum atomic E-state index is -0.463. The summed E-state index contributed by atoms with van der Waals surface area (Å²) in [4.78, 5) is 9.79. The fourth-order valence-electron chi connectivity index (χ4n) is 0.0315. The molecule has 0 atom stereocenters. The minimum Gasteiger partial charge on any atom is -0.543 e. The van der Waals surface area contributed by atoms with Gasteiger partial charge in [-0.25, -0.2) is 0 Å². The summed E-state index contributed by atoms with van der Waals surface area (Å²) >= 11 is 2.82. The summed E-state index contributed by atoms with van der Waals surface area (Å²) in [5.74, 6) is -0.463. The van der Waals surface area contributed by atoms with Gasteiger partial charge in [0.25, 0.3) is 5.97 Å². The second kappa shape index (κ2) is 3.21. The van der Waals surface area contributed by atoms with Crippen LogP contribution in [0.25, 0.3) is 0 Å². The number of alkyl halides is 1. The summed E-state index contributed by atoms with van der Waals surface area (Å²) in [5.41, 5.74) is 0. The number of rotatable bonds is 1. The highest BCUT2D eigenvalue weighted by atomic mass is 79.9. The van der Waals surface area contributed by atoms with Gasteiger partial charge in [-0.15, -0.1) is 0 Å². The standard InChI is InChI=1S/C2H2BBrO2/c3-6-2(5)1-4/h1H2. The van der Waals surface area contributed by atoms with Crippen LogP contribution in [0.1, 0.15) is 0 Å². The van der Waals surface area contributed by atoms with Crippen molar-refractivity contribution in [1.29, 1.82) is 0 Å². The Hall–Kier alpha value is 0.0149. The molecule has 0 N–H and O–H groups in total. The third kappa shape index (κ3) is 2.26. The van der Waals surface area contributed by atoms with Crippen LogP contribution in [-0.2, 0) is 9.45 Å². The lowest BCUT2D eigenvalue weighted by molar-refractivity contribution is -0.130. The van der Waals surface area contributed by atoms with Crippen molar-refractivity contribution in [3.8, 4) is 0 Å². The molecule has 0 unspecified atom stereocenters. The topological polar surface area (TPSA) is 26.3 Å². The molecule has 0 amide bonds. The summed E-state index contributed by atoms with van der Waals surface area (Å²) in [5, 5.41) is 0.156. The molecule has 0 rings (SSSR count). The molecule has 2 radical (unpaired) electrons. The van der Waals surface area contributed by atoms with Crippen molar-refractivity contribution in [2.75, 3.05) is 5.33 Å². The summed E-state index contributed by atoms with van der Waals surface area (Å²) in [7, 11) is 4.40. The first-order chi connectivity index (χ1) is 2.81. The van der Waals surface area contributed by atoms with Crippen LogP contribution < -0.4 is 0 Å². The Labute approximate surface area is 45.4 Å². The average molecular weight is 149 g/mol. The van der Waals surface area contributed by atoms with Crippen LogP contribution in [0.3, 0.4) is 0 Å². The maximum absolute atomic E-state index is 9.79. The Morgan fingerprint density at radius 2 is 2.50 bits per heavy atom. The molecule has 0 aliphatic rings. The number of hydrogen-bond acceptors (Lipinski definition) is 2. The number of carbonyl (C=O) groups is 1. The Morgan fingerprint density at radius 3 is 2.50 bits per heavy atom. The summed E-state index contributed by atoms with van der Waals surface area (Å²) in [6, 6.07) is 0. The normalized spacial score (nSPS) is 7.50. The zero-order valence-corrected chi connectivity index (χ0v) is 4.56. The van der Waals surface area contributed by atoms with E-state index in [0.717, 1.165) is 0 Å². The van der Waals surface area contributed by atoms with E-state index in [0.29, 0.717) is 0 Å². The molecule has 0 aliphatic heterocycles. The molecule has 0 aliphatic carbocycles. The van der Waals surface area contributed by atoms with E-state index in [4.69, 9.17) is 0 Å². The average Bonchev–Trinajstić information content (AvgIpc) is 1.65. The molecular weight excluding hydrogens is 147 g/mol. The predicted molar refractivity (Wildman–Crippen MR) is 25.6 cm³/mol. The highest BCUT2D eigenvalue weighted by Gasteiger charge is 1.89. The lowest BCUT2D eigenvalue weighted by atomic mass is 10.6. The van der Waals surface area contributed by atoms with Crippen LogP contribution in [0, 0.1) is 0 Å². The van der Waals surface area contributed by atoms with Gasteiger partial charge in [-0.3, -0.25) is 4.79 Å². The van der Waals surface area contributed by atoms with Crippen molar-refractivity contribution in [3.63, 3.8) is 0 Å². The SMILES string of the molecule is [B]OC(=O)CBr. The first kappa shape index (κ1) is 6.01. The van der Waals surface area contributed by atoms with Crippen LogP contribution >= 0.6 is 15.9 Å². The first-order valence-electron chi connectivity index (χ1n) is 1.26. The van der Waals surface area contributed by atoms with Gasteiger partial charge in [-0.1, -0.05) is 15.9 Å². The second-order valence-corrected chi connectivity index (χ2v) is 1.18. The molecule has 0 aromatic carbocycles. The molecule has 0 bridgehead atoms. The van der Waals surface area contributed by atoms with E-state index in [-0.39, 0.29) is 5.33 Å². The van der Waals surface area contributed by atoms with Gasteiger partial charge in [0.05, 0.1) is 5.33 Å². The zero-order chi connectivity index (χ0) is 4.99. The summed E-state index contributed by atoms with van der Waals surface area (Å²) in [6.45, 7) is 0. The number of halogens is 1. The van der Waals surface area contributed by atoms with E-state index in [1.54, 1.807) is 0 Å². The number of carbonyl (C=O) groups excluding carboxylic acids is 1. The van der Waals surface area contributed by atoms with Crippen molar-refractivity contribution in [2.24, 2.45) is 0 Å². The van der Waals surface area contributed by atoms with Gasteiger partial charge in [0, 0.05) is 0 Å². The van der Waals surface area contributed by atoms with Gasteiger partial charge < -0.3 is 4.65 Å². The lowest BCUT2D eigenvalue weighted by Crippen LogP contribution is -2.00. The molecule has 0 heterocycles. The summed E-state index contributed by atoms with van der Waals surface area (Å²) in [6.07, 6.45) is 0. The lowest BCUT2D eigenvalue weighted by Gasteiger charge is -1.86. The molecule has 2 nitrogen and oxygen atoms in total. The van der Waals surface area contributed by atoms with Gasteiger partial charge in [0.1, 0.15) is 0 Å². The van der Waals surface area contributed by atoms with Crippen molar-refractivity contribution in [2.45, 2.75) is 0 Å². The van der Waals surface area contributed by atoms with E-state index >= 15 is 0 Å². The minimum absolute atomic E-state index is 0.156. The van der Waals surface area contributed by atoms with E-state index in [9.17, 15) is 4.79 Å². The van der Waals surface area contributed by atoms with Gasteiger partial charge in [0.2, 0.25) is 0 Å². The maximum Gasteiger partial charge on any atom is 0.378 e. The van der Waals surface area contributed by atoms with Crippen LogP contribution in [0.4, 0.5) is 0 Å². The molecule has 6 heavy (non-hydrogen) atoms. The van der Waals surface area contributed by atoms with Crippen molar-refractivity contribution < 1.29 is 9.45 Å². The predicted octanol–water partition coefficient (Wildman–Crippen LogP) is 0.00800. The zero-order valence-electron chi connectivity index (χ0n) is 2.98. The Morgan fingerprint density at radius 1 is 2.00 bits per heavy atom. The number of hydrogen-bond donors (Lipinski definition) is 0. The monoisotopic (exact) mass is 148 g/mol. The molecule has 0 aromatic rings. The Bertz CT molecular complexity index is 49.5. The molecule has 32 valence electrons. The van der Waals surface area contributed by atoms with Crippen LogP contribution in [0.15, 0.2) is 0 Å². The third-order valence-corrected chi connectivity index (χ3v) is 0.698. The van der Waals surface area contributed by atoms with Crippen LogP contribution in [-0.4, -0.2) is 19.3 Å². The molecule has 0 saturated heterocycles. The van der Waals surface area contributed by atoms with Gasteiger partial charge in [-0.05, 0) is 0 Å². The van der Waals surface area contributed by atoms with E-state index in [1.807, 2.05) is 0 Å². The van der Waals surface area contributed by atoms with E-state index in [1.165, 1.54) is 0 Å². The molecule has 0 fully saturated rings. The Balaban J connectivity index is 2.99. The molecule has 0 spiro atoms. The summed E-state index contributed by atoms with van der Waals surface area (Å²) < 4.78 is 3.71. The van der Waals surface area contributed by atoms with Crippen LogP contribution in [0.5, 0.6) is 0 Å².